The highest BCUT2D eigenvalue weighted by Crippen LogP contribution is 2.33. The van der Waals surface area contributed by atoms with Gasteiger partial charge in [0.2, 0.25) is 0 Å². The number of hydrogen-bond acceptors (Lipinski definition) is 6. The lowest BCUT2D eigenvalue weighted by molar-refractivity contribution is 0.0507. The smallest absolute Gasteiger partial charge is 0.337 e. The number of nitrogens with zero attached hydrogens (tertiary/aromatic N) is 5. The van der Waals surface area contributed by atoms with E-state index in [1.807, 2.05) is 54.5 Å². The summed E-state index contributed by atoms with van der Waals surface area (Å²) in [6.45, 7) is 12.3. The van der Waals surface area contributed by atoms with Gasteiger partial charge in [-0.2, -0.15) is 0 Å². The minimum absolute atomic E-state index is 0.133. The summed E-state index contributed by atoms with van der Waals surface area (Å²) >= 11 is 6.28. The van der Waals surface area contributed by atoms with Crippen LogP contribution in [0, 0.1) is 20.8 Å². The normalized spacial score (nSPS) is 14.9. The molecule has 0 spiro atoms. The molecular weight excluding hydrogens is 554 g/mol. The Morgan fingerprint density at radius 3 is 2.45 bits per heavy atom. The van der Waals surface area contributed by atoms with Crippen molar-refractivity contribution in [1.29, 1.82) is 0 Å². The molecule has 1 aliphatic heterocycles. The van der Waals surface area contributed by atoms with E-state index in [2.05, 4.69) is 22.1 Å². The van der Waals surface area contributed by atoms with Crippen LogP contribution in [0.4, 0.5) is 5.82 Å². The van der Waals surface area contributed by atoms with Gasteiger partial charge >= 0.3 is 5.97 Å². The molecule has 0 bridgehead atoms. The Labute approximate surface area is 250 Å². The Morgan fingerprint density at radius 2 is 1.81 bits per heavy atom. The van der Waals surface area contributed by atoms with E-state index in [0.29, 0.717) is 54.8 Å². The molecule has 0 radical (unpaired) electrons. The van der Waals surface area contributed by atoms with Crippen LogP contribution < -0.4 is 4.90 Å². The van der Waals surface area contributed by atoms with Gasteiger partial charge in [0.25, 0.3) is 5.91 Å². The third-order valence-electron chi connectivity index (χ3n) is 8.02. The largest absolute Gasteiger partial charge is 0.478 e. The number of carboxylic acid groups (broad SMARTS) is 1. The van der Waals surface area contributed by atoms with E-state index >= 15 is 0 Å². The van der Waals surface area contributed by atoms with Gasteiger partial charge in [0.1, 0.15) is 17.2 Å². The summed E-state index contributed by atoms with van der Waals surface area (Å²) in [6.07, 6.45) is 2.06. The van der Waals surface area contributed by atoms with E-state index < -0.39 is 11.5 Å². The van der Waals surface area contributed by atoms with Crippen molar-refractivity contribution >= 4 is 40.3 Å². The van der Waals surface area contributed by atoms with Gasteiger partial charge in [0.05, 0.1) is 23.4 Å². The van der Waals surface area contributed by atoms with Crippen molar-refractivity contribution in [2.75, 3.05) is 38.3 Å². The maximum Gasteiger partial charge on any atom is 0.337 e. The summed E-state index contributed by atoms with van der Waals surface area (Å²) in [5, 5.41) is 11.2. The Balaban J connectivity index is 1.44. The third kappa shape index (κ3) is 5.46. The number of fused-ring (bicyclic) bond motifs is 1. The molecule has 1 fully saturated rings. The molecule has 9 nitrogen and oxygen atoms in total. The Bertz CT molecular complexity index is 1670. The Kier molecular flexibility index (Phi) is 8.00. The van der Waals surface area contributed by atoms with Crippen LogP contribution in [0.15, 0.2) is 42.6 Å². The summed E-state index contributed by atoms with van der Waals surface area (Å²) in [6, 6.07) is 11.5. The summed E-state index contributed by atoms with van der Waals surface area (Å²) < 4.78 is 7.38. The second kappa shape index (κ2) is 11.4. The van der Waals surface area contributed by atoms with Crippen LogP contribution in [-0.4, -0.2) is 75.3 Å². The molecule has 1 aliphatic rings. The van der Waals surface area contributed by atoms with Crippen molar-refractivity contribution in [2.24, 2.45) is 0 Å². The number of aromatic nitrogens is 3. The van der Waals surface area contributed by atoms with Gasteiger partial charge in [-0.15, -0.1) is 0 Å². The number of carbonyl (C=O) groups excluding carboxylic acids is 1. The number of carbonyl (C=O) groups is 2. The molecule has 1 aromatic carbocycles. The number of carboxylic acids is 1. The van der Waals surface area contributed by atoms with Crippen molar-refractivity contribution in [2.45, 2.75) is 46.7 Å². The highest BCUT2D eigenvalue weighted by molar-refractivity contribution is 6.31. The highest BCUT2D eigenvalue weighted by Gasteiger charge is 2.38. The first kappa shape index (κ1) is 29.5. The first-order chi connectivity index (χ1) is 19.9. The predicted octanol–water partition coefficient (Wildman–Crippen LogP) is 5.76. The van der Waals surface area contributed by atoms with Gasteiger partial charge in [-0.3, -0.25) is 4.79 Å². The fraction of sp³-hybridized carbons (Fsp3) is 0.375. The van der Waals surface area contributed by atoms with Gasteiger partial charge in [-0.25, -0.2) is 14.8 Å². The fourth-order valence-electron chi connectivity index (χ4n) is 5.85. The molecule has 0 aliphatic carbocycles. The van der Waals surface area contributed by atoms with Crippen LogP contribution in [0.3, 0.4) is 0 Å². The van der Waals surface area contributed by atoms with E-state index in [1.165, 1.54) is 0 Å². The molecule has 1 N–H and O–H groups in total. The SMILES string of the molecule is COCCn1cc(-c2ccc(Cl)c(C)c2)c2ccc(C(=O)N3CCN(c4cc(C)c(C(=O)O)c(C)n4)CC3(C)C)nc21. The third-order valence-corrected chi connectivity index (χ3v) is 8.44. The van der Waals surface area contributed by atoms with E-state index in [0.717, 1.165) is 33.5 Å². The van der Waals surface area contributed by atoms with Crippen molar-refractivity contribution in [3.05, 3.63) is 75.7 Å². The second-order valence-corrected chi connectivity index (χ2v) is 11.9. The van der Waals surface area contributed by atoms with Crippen molar-refractivity contribution < 1.29 is 19.4 Å². The van der Waals surface area contributed by atoms with Crippen molar-refractivity contribution in [3.63, 3.8) is 0 Å². The van der Waals surface area contributed by atoms with E-state index in [-0.39, 0.29) is 11.5 Å². The van der Waals surface area contributed by atoms with Crippen LogP contribution >= 0.6 is 11.6 Å². The first-order valence-electron chi connectivity index (χ1n) is 13.9. The van der Waals surface area contributed by atoms with Gasteiger partial charge in [-0.1, -0.05) is 17.7 Å². The summed E-state index contributed by atoms with van der Waals surface area (Å²) in [5.74, 6) is -0.393. The molecule has 1 saturated heterocycles. The number of anilines is 1. The van der Waals surface area contributed by atoms with Gasteiger partial charge in [-0.05, 0) is 81.6 Å². The first-order valence-corrected chi connectivity index (χ1v) is 14.3. The molecule has 10 heteroatoms. The average molecular weight is 590 g/mol. The maximum atomic E-state index is 13.9. The lowest BCUT2D eigenvalue weighted by Gasteiger charge is -2.47. The highest BCUT2D eigenvalue weighted by atomic mass is 35.5. The standard InChI is InChI=1S/C32H36ClN5O4/c1-19-15-22(7-9-25(19)33)24-17-36(13-14-42-6)29-23(24)8-10-26(35-29)30(39)38-12-11-37(18-32(38,4)5)27-16-20(2)28(31(40)41)21(3)34-27/h7-10,15-17H,11-14,18H2,1-6H3,(H,40,41). The number of aromatic carboxylic acids is 1. The zero-order chi connectivity index (χ0) is 30.3. The van der Waals surface area contributed by atoms with Crippen molar-refractivity contribution in [1.82, 2.24) is 19.4 Å². The number of ether oxygens (including phenoxy) is 1. The number of pyridine rings is 2. The van der Waals surface area contributed by atoms with Gasteiger partial charge in [0, 0.05) is 55.5 Å². The van der Waals surface area contributed by atoms with Crippen LogP contribution in [0.2, 0.25) is 5.02 Å². The zero-order valence-electron chi connectivity index (χ0n) is 24.9. The summed E-state index contributed by atoms with van der Waals surface area (Å²) in [4.78, 5) is 39.0. The monoisotopic (exact) mass is 589 g/mol. The zero-order valence-corrected chi connectivity index (χ0v) is 25.6. The molecule has 0 unspecified atom stereocenters. The van der Waals surface area contributed by atoms with Crippen LogP contribution in [-0.2, 0) is 11.3 Å². The van der Waals surface area contributed by atoms with E-state index in [1.54, 1.807) is 27.0 Å². The molecule has 42 heavy (non-hydrogen) atoms. The lowest BCUT2D eigenvalue weighted by atomic mass is 9.97. The van der Waals surface area contributed by atoms with Crippen LogP contribution in [0.25, 0.3) is 22.2 Å². The summed E-state index contributed by atoms with van der Waals surface area (Å²) in [7, 11) is 1.66. The number of aryl methyl sites for hydroxylation is 3. The summed E-state index contributed by atoms with van der Waals surface area (Å²) in [5.41, 5.74) is 5.02. The molecule has 220 valence electrons. The molecule has 3 aromatic heterocycles. The quantitative estimate of drug-likeness (QED) is 0.292. The molecule has 0 saturated carbocycles. The number of piperazine rings is 1. The molecule has 4 heterocycles. The fourth-order valence-corrected chi connectivity index (χ4v) is 5.96. The number of amides is 1. The molecule has 4 aromatic rings. The number of methoxy groups -OCH3 is 1. The number of rotatable bonds is 7. The van der Waals surface area contributed by atoms with Crippen LogP contribution in [0.5, 0.6) is 0 Å². The second-order valence-electron chi connectivity index (χ2n) is 11.5. The lowest BCUT2D eigenvalue weighted by Crippen LogP contribution is -2.61. The minimum Gasteiger partial charge on any atom is -0.478 e. The molecule has 0 atom stereocenters. The van der Waals surface area contributed by atoms with E-state index in [9.17, 15) is 14.7 Å². The van der Waals surface area contributed by atoms with E-state index in [4.69, 9.17) is 21.3 Å². The molecular formula is C32H36ClN5O4. The van der Waals surface area contributed by atoms with Crippen molar-refractivity contribution in [3.8, 4) is 11.1 Å². The number of hydrogen-bond donors (Lipinski definition) is 1. The Hall–Kier alpha value is -3.95. The average Bonchev–Trinajstić information content (AvgIpc) is 3.29. The van der Waals surface area contributed by atoms with Gasteiger partial charge < -0.3 is 24.2 Å². The molecule has 5 rings (SSSR count). The Morgan fingerprint density at radius 1 is 1.05 bits per heavy atom. The maximum absolute atomic E-state index is 13.9. The number of benzene rings is 1. The van der Waals surface area contributed by atoms with Crippen LogP contribution in [0.1, 0.15) is 51.5 Å². The minimum atomic E-state index is -0.979. The molecule has 1 amide bonds. The number of halogens is 1. The predicted molar refractivity (Wildman–Crippen MR) is 165 cm³/mol. The topological polar surface area (TPSA) is 101 Å². The van der Waals surface area contributed by atoms with Gasteiger partial charge in [0.15, 0.2) is 0 Å².